The standard InChI is InChI=1S/C31H40N2O2S.C5H12O/c1-20-9-12-26(13-10-20)24(5)23(4)25(6)30-28(17-22(3)32(7)31(30)35)19-33(36-8)18-21(2)11-16-29(34)27-14-15-27;1-5(2,3)6-4/h9-10,12-13,17-18,34H,5,11,14-16,19H2,1-4,6-8H3;1-4H3/b21-18+,25-23+;. The van der Waals surface area contributed by atoms with Gasteiger partial charge in [0.2, 0.25) is 0 Å². The van der Waals surface area contributed by atoms with Crippen molar-refractivity contribution in [3.05, 3.63) is 104 Å². The fraction of sp³-hybridized carbons (Fsp3) is 0.472. The molecule has 1 N–H and O–H groups in total. The number of aliphatic hydroxyl groups is 1. The molecule has 0 unspecified atom stereocenters. The van der Waals surface area contributed by atoms with Crippen LogP contribution >= 0.6 is 11.9 Å². The quantitative estimate of drug-likeness (QED) is 0.169. The first kappa shape index (κ1) is 35.2. The molecule has 5 nitrogen and oxygen atoms in total. The van der Waals surface area contributed by atoms with Crippen molar-refractivity contribution in [1.82, 2.24) is 8.87 Å². The summed E-state index contributed by atoms with van der Waals surface area (Å²) in [5.41, 5.74) is 10.3. The second-order valence-electron chi connectivity index (χ2n) is 12.2. The molecule has 1 saturated carbocycles. The molecule has 1 fully saturated rings. The Bertz CT molecular complexity index is 1400. The van der Waals surface area contributed by atoms with Gasteiger partial charge in [-0.1, -0.05) is 53.9 Å². The molecule has 0 saturated heterocycles. The number of rotatable bonds is 10. The van der Waals surface area contributed by atoms with Crippen LogP contribution in [0.4, 0.5) is 0 Å². The Balaban J connectivity index is 0.000000928. The summed E-state index contributed by atoms with van der Waals surface area (Å²) in [6.07, 6.45) is 7.79. The molecule has 230 valence electrons. The Morgan fingerprint density at radius 1 is 1.12 bits per heavy atom. The number of pyridine rings is 1. The van der Waals surface area contributed by atoms with Gasteiger partial charge in [0.25, 0.3) is 5.56 Å². The Kier molecular flexibility index (Phi) is 13.0. The largest absolute Gasteiger partial charge is 0.512 e. The number of aromatic nitrogens is 1. The number of aryl methyl sites for hydroxylation is 2. The summed E-state index contributed by atoms with van der Waals surface area (Å²) in [5.74, 6) is 0.563. The third-order valence-corrected chi connectivity index (χ3v) is 8.45. The topological polar surface area (TPSA) is 54.7 Å². The van der Waals surface area contributed by atoms with Crippen LogP contribution in [0.25, 0.3) is 11.1 Å². The predicted molar refractivity (Wildman–Crippen MR) is 183 cm³/mol. The zero-order valence-corrected chi connectivity index (χ0v) is 28.6. The minimum Gasteiger partial charge on any atom is -0.512 e. The number of benzene rings is 1. The predicted octanol–water partition coefficient (Wildman–Crippen LogP) is 9.31. The van der Waals surface area contributed by atoms with Crippen molar-refractivity contribution in [1.29, 1.82) is 0 Å². The van der Waals surface area contributed by atoms with Crippen molar-refractivity contribution in [2.75, 3.05) is 13.4 Å². The molecule has 1 aromatic carbocycles. The molecule has 1 aromatic heterocycles. The summed E-state index contributed by atoms with van der Waals surface area (Å²) in [6.45, 7) is 21.3. The fourth-order valence-electron chi connectivity index (χ4n) is 4.28. The number of methoxy groups -OCH3 is 1. The average molecular weight is 593 g/mol. The van der Waals surface area contributed by atoms with E-state index in [0.717, 1.165) is 58.4 Å². The third-order valence-electron chi connectivity index (χ3n) is 7.74. The van der Waals surface area contributed by atoms with Crippen LogP contribution in [0.1, 0.15) is 95.2 Å². The van der Waals surface area contributed by atoms with Crippen molar-refractivity contribution in [3.63, 3.8) is 0 Å². The van der Waals surface area contributed by atoms with Gasteiger partial charge in [-0.15, -0.1) is 0 Å². The zero-order chi connectivity index (χ0) is 31.8. The Labute approximate surface area is 258 Å². The summed E-state index contributed by atoms with van der Waals surface area (Å²) < 4.78 is 8.84. The monoisotopic (exact) mass is 592 g/mol. The minimum absolute atomic E-state index is 0.0151. The van der Waals surface area contributed by atoms with E-state index in [1.54, 1.807) is 23.6 Å². The van der Waals surface area contributed by atoms with Gasteiger partial charge in [0.05, 0.1) is 17.9 Å². The van der Waals surface area contributed by atoms with Gasteiger partial charge in [-0.3, -0.25) is 4.79 Å². The number of allylic oxidation sites excluding steroid dienone is 6. The van der Waals surface area contributed by atoms with Gasteiger partial charge in [0, 0.05) is 44.3 Å². The van der Waals surface area contributed by atoms with E-state index in [0.29, 0.717) is 18.7 Å². The van der Waals surface area contributed by atoms with Gasteiger partial charge in [-0.2, -0.15) is 0 Å². The Hall–Kier alpha value is -2.96. The van der Waals surface area contributed by atoms with E-state index < -0.39 is 0 Å². The maximum atomic E-state index is 13.5. The lowest BCUT2D eigenvalue weighted by Crippen LogP contribution is -2.26. The molecule has 2 aromatic rings. The molecule has 6 heteroatoms. The molecule has 1 aliphatic carbocycles. The molecule has 0 spiro atoms. The van der Waals surface area contributed by atoms with Crippen LogP contribution in [-0.4, -0.2) is 32.9 Å². The summed E-state index contributed by atoms with van der Waals surface area (Å²) in [7, 11) is 3.54. The first-order chi connectivity index (χ1) is 19.6. The van der Waals surface area contributed by atoms with Gasteiger partial charge in [0.15, 0.2) is 0 Å². The second kappa shape index (κ2) is 15.5. The van der Waals surface area contributed by atoms with E-state index in [4.69, 9.17) is 4.74 Å². The third kappa shape index (κ3) is 10.4. The van der Waals surface area contributed by atoms with E-state index in [-0.39, 0.29) is 11.2 Å². The molecule has 3 rings (SSSR count). The van der Waals surface area contributed by atoms with Crippen LogP contribution in [0.3, 0.4) is 0 Å². The molecular formula is C36H52N2O3S. The first-order valence-corrected chi connectivity index (χ1v) is 15.8. The normalized spacial score (nSPS) is 13.7. The lowest BCUT2D eigenvalue weighted by Gasteiger charge is -2.22. The Morgan fingerprint density at radius 3 is 2.19 bits per heavy atom. The smallest absolute Gasteiger partial charge is 0.258 e. The molecule has 1 aliphatic rings. The van der Waals surface area contributed by atoms with Crippen LogP contribution in [-0.2, 0) is 18.3 Å². The van der Waals surface area contributed by atoms with Crippen LogP contribution < -0.4 is 5.56 Å². The number of aliphatic hydroxyl groups excluding tert-OH is 1. The summed E-state index contributed by atoms with van der Waals surface area (Å²) >= 11 is 1.64. The highest BCUT2D eigenvalue weighted by Crippen LogP contribution is 2.33. The Morgan fingerprint density at radius 2 is 1.69 bits per heavy atom. The second-order valence-corrected chi connectivity index (χ2v) is 13.1. The number of nitrogens with zero attached hydrogens (tertiary/aromatic N) is 2. The van der Waals surface area contributed by atoms with Gasteiger partial charge in [-0.05, 0) is 114 Å². The molecular weight excluding hydrogens is 540 g/mol. The van der Waals surface area contributed by atoms with E-state index in [2.05, 4.69) is 68.2 Å². The summed E-state index contributed by atoms with van der Waals surface area (Å²) in [6, 6.07) is 10.5. The lowest BCUT2D eigenvalue weighted by molar-refractivity contribution is 0.0397. The molecule has 0 bridgehead atoms. The van der Waals surface area contributed by atoms with Crippen LogP contribution in [0, 0.1) is 13.8 Å². The zero-order valence-electron chi connectivity index (χ0n) is 27.8. The molecule has 0 amide bonds. The van der Waals surface area contributed by atoms with Gasteiger partial charge >= 0.3 is 0 Å². The summed E-state index contributed by atoms with van der Waals surface area (Å²) in [4.78, 5) is 13.5. The highest BCUT2D eigenvalue weighted by molar-refractivity contribution is 7.96. The van der Waals surface area contributed by atoms with Gasteiger partial charge < -0.3 is 18.7 Å². The van der Waals surface area contributed by atoms with Crippen molar-refractivity contribution in [2.45, 2.75) is 93.2 Å². The highest BCUT2D eigenvalue weighted by Gasteiger charge is 2.19. The van der Waals surface area contributed by atoms with Crippen LogP contribution in [0.5, 0.6) is 0 Å². The van der Waals surface area contributed by atoms with E-state index in [1.807, 2.05) is 47.9 Å². The maximum absolute atomic E-state index is 13.5. The molecule has 0 aliphatic heterocycles. The van der Waals surface area contributed by atoms with Crippen molar-refractivity contribution >= 4 is 23.1 Å². The lowest BCUT2D eigenvalue weighted by atomic mass is 9.91. The number of hydrogen-bond donors (Lipinski definition) is 1. The maximum Gasteiger partial charge on any atom is 0.258 e. The fourth-order valence-corrected chi connectivity index (χ4v) is 4.84. The van der Waals surface area contributed by atoms with Crippen molar-refractivity contribution < 1.29 is 9.84 Å². The van der Waals surface area contributed by atoms with Gasteiger partial charge in [0.1, 0.15) is 0 Å². The minimum atomic E-state index is 0.0151. The van der Waals surface area contributed by atoms with Crippen molar-refractivity contribution in [2.24, 2.45) is 7.05 Å². The first-order valence-electron chi connectivity index (χ1n) is 14.7. The molecule has 42 heavy (non-hydrogen) atoms. The van der Waals surface area contributed by atoms with Crippen LogP contribution in [0.15, 0.2) is 70.4 Å². The summed E-state index contributed by atoms with van der Waals surface area (Å²) in [5, 5.41) is 10.1. The molecule has 1 heterocycles. The number of hydrogen-bond acceptors (Lipinski definition) is 5. The van der Waals surface area contributed by atoms with E-state index in [1.165, 1.54) is 16.7 Å². The average Bonchev–Trinajstić information content (AvgIpc) is 3.79. The van der Waals surface area contributed by atoms with Crippen molar-refractivity contribution in [3.8, 4) is 0 Å². The SMILES string of the molecule is C=C(/C(C)=C(\C)c1c(CN(/C=C(\C)CCC(O)=C2CC2)SC)cc(C)n(C)c1=O)c1ccc(C)cc1.COC(C)(C)C. The van der Waals surface area contributed by atoms with Crippen LogP contribution in [0.2, 0.25) is 0 Å². The van der Waals surface area contributed by atoms with Gasteiger partial charge in [-0.25, -0.2) is 0 Å². The highest BCUT2D eigenvalue weighted by atomic mass is 32.2. The number of ether oxygens (including phenoxy) is 1. The molecule has 0 radical (unpaired) electrons. The molecule has 0 atom stereocenters. The van der Waals surface area contributed by atoms with E-state index >= 15 is 0 Å². The van der Waals surface area contributed by atoms with E-state index in [9.17, 15) is 9.90 Å².